The molecule has 118 valence electrons. The Hall–Kier alpha value is -1.44. The summed E-state index contributed by atoms with van der Waals surface area (Å²) in [5.41, 5.74) is 7.14. The van der Waals surface area contributed by atoms with Gasteiger partial charge in [-0.15, -0.1) is 0 Å². The second-order valence-electron chi connectivity index (χ2n) is 4.99. The number of hydrogen-bond donors (Lipinski definition) is 1. The van der Waals surface area contributed by atoms with Gasteiger partial charge in [-0.1, -0.05) is 31.2 Å². The third-order valence-corrected chi connectivity index (χ3v) is 5.04. The van der Waals surface area contributed by atoms with E-state index in [1.165, 1.54) is 9.21 Å². The molecule has 7 heteroatoms. The van der Waals surface area contributed by atoms with Gasteiger partial charge >= 0.3 is 0 Å². The van der Waals surface area contributed by atoms with E-state index in [1.807, 2.05) is 12.1 Å². The Morgan fingerprint density at radius 2 is 1.67 bits per heavy atom. The highest BCUT2D eigenvalue weighted by Gasteiger charge is 2.24. The van der Waals surface area contributed by atoms with Gasteiger partial charge in [-0.25, -0.2) is 8.42 Å². The predicted molar refractivity (Wildman–Crippen MR) is 82.9 cm³/mol. The van der Waals surface area contributed by atoms with E-state index in [1.54, 1.807) is 33.2 Å². The minimum absolute atomic E-state index is 0.119. The Morgan fingerprint density at radius 1 is 1.14 bits per heavy atom. The number of carbonyl (C=O) groups excluding carboxylic acids is 1. The number of likely N-dealkylation sites (N-methyl/N-ethyl adjacent to an activating group) is 2. The van der Waals surface area contributed by atoms with Gasteiger partial charge in [0.2, 0.25) is 15.9 Å². The lowest BCUT2D eigenvalue weighted by molar-refractivity contribution is -0.128. The number of rotatable bonds is 7. The Bertz CT molecular complexity index is 568. The predicted octanol–water partition coefficient (Wildman–Crippen LogP) is 0.385. The minimum atomic E-state index is -3.52. The standard InChI is InChI=1S/C14H23N3O3S/c1-4-17(10-14(18)16(2)3)21(19,20)11-13-7-5-12(9-15)6-8-13/h5-8H,4,9-11,15H2,1-3H3. The number of sulfonamides is 1. The van der Waals surface area contributed by atoms with Crippen molar-refractivity contribution in [3.63, 3.8) is 0 Å². The number of nitrogens with zero attached hydrogens (tertiary/aromatic N) is 2. The molecule has 0 aromatic heterocycles. The first-order chi connectivity index (χ1) is 9.80. The van der Waals surface area contributed by atoms with Crippen LogP contribution in [-0.2, 0) is 27.1 Å². The zero-order valence-corrected chi connectivity index (χ0v) is 13.6. The summed E-state index contributed by atoms with van der Waals surface area (Å²) in [4.78, 5) is 13.1. The zero-order valence-electron chi connectivity index (χ0n) is 12.7. The Kier molecular flexibility index (Phi) is 6.32. The van der Waals surface area contributed by atoms with Crippen molar-refractivity contribution in [2.45, 2.75) is 19.2 Å². The van der Waals surface area contributed by atoms with E-state index in [9.17, 15) is 13.2 Å². The van der Waals surface area contributed by atoms with Gasteiger partial charge < -0.3 is 10.6 Å². The van der Waals surface area contributed by atoms with E-state index in [-0.39, 0.29) is 24.7 Å². The molecule has 1 amide bonds. The lowest BCUT2D eigenvalue weighted by atomic mass is 10.1. The maximum Gasteiger partial charge on any atom is 0.237 e. The van der Waals surface area contributed by atoms with E-state index in [2.05, 4.69) is 0 Å². The Morgan fingerprint density at radius 3 is 2.10 bits per heavy atom. The van der Waals surface area contributed by atoms with Crippen molar-refractivity contribution >= 4 is 15.9 Å². The molecule has 0 atom stereocenters. The molecule has 0 aliphatic rings. The van der Waals surface area contributed by atoms with Crippen molar-refractivity contribution in [2.24, 2.45) is 5.73 Å². The molecule has 0 saturated carbocycles. The first kappa shape index (κ1) is 17.6. The third kappa shape index (κ3) is 5.11. The molecule has 0 aliphatic carbocycles. The summed E-state index contributed by atoms with van der Waals surface area (Å²) in [5.74, 6) is -0.356. The largest absolute Gasteiger partial charge is 0.348 e. The SMILES string of the molecule is CCN(CC(=O)N(C)C)S(=O)(=O)Cc1ccc(CN)cc1. The second-order valence-corrected chi connectivity index (χ2v) is 6.96. The van der Waals surface area contributed by atoms with Crippen LogP contribution >= 0.6 is 0 Å². The van der Waals surface area contributed by atoms with E-state index in [4.69, 9.17) is 5.73 Å². The highest BCUT2D eigenvalue weighted by atomic mass is 32.2. The molecule has 1 aromatic carbocycles. The molecule has 0 fully saturated rings. The topological polar surface area (TPSA) is 83.7 Å². The first-order valence-electron chi connectivity index (χ1n) is 6.76. The van der Waals surface area contributed by atoms with Gasteiger partial charge in [0.25, 0.3) is 0 Å². The second kappa shape index (κ2) is 7.53. The summed E-state index contributed by atoms with van der Waals surface area (Å²) < 4.78 is 25.9. The van der Waals surface area contributed by atoms with Crippen molar-refractivity contribution in [1.29, 1.82) is 0 Å². The van der Waals surface area contributed by atoms with Gasteiger partial charge in [0, 0.05) is 27.2 Å². The maximum absolute atomic E-state index is 12.4. The van der Waals surface area contributed by atoms with Crippen LogP contribution in [0.5, 0.6) is 0 Å². The molecular weight excluding hydrogens is 290 g/mol. The first-order valence-corrected chi connectivity index (χ1v) is 8.37. The van der Waals surface area contributed by atoms with E-state index >= 15 is 0 Å². The molecule has 0 unspecified atom stereocenters. The summed E-state index contributed by atoms with van der Waals surface area (Å²) in [6.45, 7) is 2.28. The van der Waals surface area contributed by atoms with Crippen LogP contribution in [0.15, 0.2) is 24.3 Å². The average Bonchev–Trinajstić information content (AvgIpc) is 2.44. The molecule has 1 rings (SSSR count). The minimum Gasteiger partial charge on any atom is -0.348 e. The molecule has 21 heavy (non-hydrogen) atoms. The number of benzene rings is 1. The van der Waals surface area contributed by atoms with Crippen molar-refractivity contribution in [3.8, 4) is 0 Å². The van der Waals surface area contributed by atoms with E-state index in [0.717, 1.165) is 5.56 Å². The fourth-order valence-electron chi connectivity index (χ4n) is 1.77. The van der Waals surface area contributed by atoms with Crippen LogP contribution in [0.1, 0.15) is 18.1 Å². The summed E-state index contributed by atoms with van der Waals surface area (Å²) in [5, 5.41) is 0. The highest BCUT2D eigenvalue weighted by molar-refractivity contribution is 7.88. The van der Waals surface area contributed by atoms with Crippen LogP contribution in [0, 0.1) is 0 Å². The lowest BCUT2D eigenvalue weighted by Crippen LogP contribution is -2.40. The molecular formula is C14H23N3O3S. The fourth-order valence-corrected chi connectivity index (χ4v) is 3.27. The Balaban J connectivity index is 2.84. The lowest BCUT2D eigenvalue weighted by Gasteiger charge is -2.21. The quantitative estimate of drug-likeness (QED) is 0.789. The molecule has 2 N–H and O–H groups in total. The van der Waals surface area contributed by atoms with Crippen molar-refractivity contribution < 1.29 is 13.2 Å². The van der Waals surface area contributed by atoms with Gasteiger partial charge in [0.1, 0.15) is 0 Å². The van der Waals surface area contributed by atoms with Gasteiger partial charge in [-0.2, -0.15) is 4.31 Å². The van der Waals surface area contributed by atoms with E-state index < -0.39 is 10.0 Å². The number of carbonyl (C=O) groups is 1. The normalized spacial score (nSPS) is 11.7. The van der Waals surface area contributed by atoms with Crippen LogP contribution in [-0.4, -0.2) is 50.7 Å². The van der Waals surface area contributed by atoms with Crippen LogP contribution in [0.25, 0.3) is 0 Å². The molecule has 0 bridgehead atoms. The van der Waals surface area contributed by atoms with Gasteiger partial charge in [-0.3, -0.25) is 4.79 Å². The smallest absolute Gasteiger partial charge is 0.237 e. The summed E-state index contributed by atoms with van der Waals surface area (Å²) in [7, 11) is -0.308. The number of amides is 1. The molecule has 0 spiro atoms. The fraction of sp³-hybridized carbons (Fsp3) is 0.500. The van der Waals surface area contributed by atoms with Gasteiger partial charge in [-0.05, 0) is 11.1 Å². The zero-order chi connectivity index (χ0) is 16.0. The average molecular weight is 313 g/mol. The van der Waals surface area contributed by atoms with Gasteiger partial charge in [0.15, 0.2) is 0 Å². The molecule has 0 aliphatic heterocycles. The third-order valence-electron chi connectivity index (χ3n) is 3.16. The van der Waals surface area contributed by atoms with Crippen LogP contribution in [0.4, 0.5) is 0 Å². The van der Waals surface area contributed by atoms with Crippen LogP contribution in [0.2, 0.25) is 0 Å². The van der Waals surface area contributed by atoms with Crippen LogP contribution in [0.3, 0.4) is 0 Å². The monoisotopic (exact) mass is 313 g/mol. The van der Waals surface area contributed by atoms with Crippen molar-refractivity contribution in [1.82, 2.24) is 9.21 Å². The van der Waals surface area contributed by atoms with Crippen molar-refractivity contribution in [2.75, 3.05) is 27.2 Å². The van der Waals surface area contributed by atoms with Gasteiger partial charge in [0.05, 0.1) is 12.3 Å². The summed E-state index contributed by atoms with van der Waals surface area (Å²) in [6.07, 6.45) is 0. The summed E-state index contributed by atoms with van der Waals surface area (Å²) >= 11 is 0. The molecule has 6 nitrogen and oxygen atoms in total. The van der Waals surface area contributed by atoms with Crippen LogP contribution < -0.4 is 5.73 Å². The molecule has 1 aromatic rings. The molecule has 0 heterocycles. The summed E-state index contributed by atoms with van der Waals surface area (Å²) in [6, 6.07) is 7.13. The van der Waals surface area contributed by atoms with Crippen molar-refractivity contribution in [3.05, 3.63) is 35.4 Å². The number of nitrogens with two attached hydrogens (primary N) is 1. The van der Waals surface area contributed by atoms with E-state index in [0.29, 0.717) is 12.1 Å². The molecule has 0 saturated heterocycles. The maximum atomic E-state index is 12.4. The highest BCUT2D eigenvalue weighted by Crippen LogP contribution is 2.12. The Labute approximate surface area is 126 Å². The molecule has 0 radical (unpaired) electrons. The number of hydrogen-bond acceptors (Lipinski definition) is 4.